The van der Waals surface area contributed by atoms with Crippen LogP contribution in [0, 0.1) is 5.41 Å². The lowest BCUT2D eigenvalue weighted by Gasteiger charge is -2.26. The van der Waals surface area contributed by atoms with E-state index in [-0.39, 0.29) is 31.3 Å². The molecule has 1 aromatic heterocycles. The van der Waals surface area contributed by atoms with Crippen molar-refractivity contribution in [1.29, 1.82) is 0 Å². The summed E-state index contributed by atoms with van der Waals surface area (Å²) in [4.78, 5) is 3.25. The first kappa shape index (κ1) is 15.8. The van der Waals surface area contributed by atoms with E-state index >= 15 is 0 Å². The summed E-state index contributed by atoms with van der Waals surface area (Å²) >= 11 is 0. The van der Waals surface area contributed by atoms with E-state index in [1.165, 1.54) is 4.90 Å². The maximum atomic E-state index is 14.2. The summed E-state index contributed by atoms with van der Waals surface area (Å²) in [5, 5.41) is 8.19. The Bertz CT molecular complexity index is 975. The highest BCUT2D eigenvalue weighted by atomic mass is 19.4. The molecule has 0 unspecified atom stereocenters. The van der Waals surface area contributed by atoms with Gasteiger partial charge in [-0.05, 0) is 44.9 Å². The van der Waals surface area contributed by atoms with E-state index in [1.807, 2.05) is 35.2 Å². The summed E-state index contributed by atoms with van der Waals surface area (Å²) < 4.78 is 71.0. The SMILES string of the molecule is [2H]C([2H])([2H])N1CCC(c2nnc([C@]34CN(Cc5ccccc5)C[C@@]3(C(F)(F)F)C4)o2)CC1. The van der Waals surface area contributed by atoms with Crippen LogP contribution in [0.4, 0.5) is 13.2 Å². The number of benzene rings is 1. The summed E-state index contributed by atoms with van der Waals surface area (Å²) in [6.07, 6.45) is -3.35. The van der Waals surface area contributed by atoms with E-state index in [4.69, 9.17) is 8.53 Å². The molecule has 2 aromatic rings. The van der Waals surface area contributed by atoms with E-state index in [0.29, 0.717) is 38.4 Å². The van der Waals surface area contributed by atoms with Gasteiger partial charge in [-0.25, -0.2) is 0 Å². The summed E-state index contributed by atoms with van der Waals surface area (Å²) in [5.41, 5.74) is -2.10. The molecule has 2 atom stereocenters. The van der Waals surface area contributed by atoms with Crippen molar-refractivity contribution in [3.05, 3.63) is 47.7 Å². The zero-order valence-electron chi connectivity index (χ0n) is 19.0. The third-order valence-corrected chi connectivity index (χ3v) is 6.87. The minimum atomic E-state index is -4.36. The lowest BCUT2D eigenvalue weighted by atomic mass is 9.95. The van der Waals surface area contributed by atoms with E-state index in [1.54, 1.807) is 0 Å². The van der Waals surface area contributed by atoms with Crippen molar-refractivity contribution in [2.24, 2.45) is 5.41 Å². The Kier molecular flexibility index (Phi) is 3.57. The molecule has 3 heterocycles. The second-order valence-electron chi connectivity index (χ2n) is 8.68. The van der Waals surface area contributed by atoms with Gasteiger partial charge in [-0.15, -0.1) is 10.2 Å². The van der Waals surface area contributed by atoms with Crippen LogP contribution in [0.15, 0.2) is 34.7 Å². The Labute approximate surface area is 172 Å². The number of rotatable bonds is 4. The van der Waals surface area contributed by atoms with Crippen LogP contribution in [0.3, 0.4) is 0 Å². The van der Waals surface area contributed by atoms with Gasteiger partial charge in [0.2, 0.25) is 11.8 Å². The van der Waals surface area contributed by atoms with Crippen molar-refractivity contribution in [1.82, 2.24) is 20.0 Å². The smallest absolute Gasteiger partial charge is 0.396 e. The maximum Gasteiger partial charge on any atom is 0.396 e. The van der Waals surface area contributed by atoms with E-state index in [0.717, 1.165) is 5.56 Å². The van der Waals surface area contributed by atoms with Gasteiger partial charge in [0.25, 0.3) is 0 Å². The second kappa shape index (κ2) is 6.54. The molecule has 29 heavy (non-hydrogen) atoms. The predicted octanol–water partition coefficient (Wildman–Crippen LogP) is 3.58. The summed E-state index contributed by atoms with van der Waals surface area (Å²) in [6.45, 7) is -0.839. The van der Waals surface area contributed by atoms with Crippen molar-refractivity contribution < 1.29 is 21.7 Å². The molecule has 0 bridgehead atoms. The molecule has 2 saturated heterocycles. The van der Waals surface area contributed by atoms with Gasteiger partial charge in [0.05, 0.1) is 10.8 Å². The average molecular weight is 409 g/mol. The average Bonchev–Trinajstić information content (AvgIpc) is 3.05. The molecule has 1 aliphatic carbocycles. The summed E-state index contributed by atoms with van der Waals surface area (Å²) in [7, 11) is 0. The van der Waals surface area contributed by atoms with Gasteiger partial charge in [-0.3, -0.25) is 4.90 Å². The number of piperidine rings is 2. The number of halogens is 3. The van der Waals surface area contributed by atoms with Crippen LogP contribution in [-0.2, 0) is 12.0 Å². The number of hydrogen-bond donors (Lipinski definition) is 0. The van der Waals surface area contributed by atoms with Crippen molar-refractivity contribution in [2.75, 3.05) is 33.2 Å². The topological polar surface area (TPSA) is 45.4 Å². The fourth-order valence-corrected chi connectivity index (χ4v) is 5.19. The van der Waals surface area contributed by atoms with Gasteiger partial charge in [0.15, 0.2) is 0 Å². The van der Waals surface area contributed by atoms with Crippen molar-refractivity contribution in [3.63, 3.8) is 0 Å². The normalized spacial score (nSPS) is 33.1. The molecule has 5 rings (SSSR count). The van der Waals surface area contributed by atoms with Crippen LogP contribution in [0.5, 0.6) is 0 Å². The largest absolute Gasteiger partial charge is 0.424 e. The molecule has 0 N–H and O–H groups in total. The lowest BCUT2D eigenvalue weighted by Crippen LogP contribution is -2.33. The number of alkyl halides is 3. The minimum absolute atomic E-state index is 0.0338. The zero-order chi connectivity index (χ0) is 22.8. The van der Waals surface area contributed by atoms with Gasteiger partial charge < -0.3 is 9.32 Å². The second-order valence-corrected chi connectivity index (χ2v) is 8.68. The molecule has 1 saturated carbocycles. The van der Waals surface area contributed by atoms with E-state index in [9.17, 15) is 13.2 Å². The van der Waals surface area contributed by atoms with Crippen LogP contribution >= 0.6 is 0 Å². The molecule has 5 nitrogen and oxygen atoms in total. The molecule has 8 heteroatoms. The van der Waals surface area contributed by atoms with Crippen LogP contribution in [0.1, 0.15) is 46.6 Å². The minimum Gasteiger partial charge on any atom is -0.424 e. The monoisotopic (exact) mass is 409 g/mol. The third-order valence-electron chi connectivity index (χ3n) is 6.87. The van der Waals surface area contributed by atoms with Gasteiger partial charge in [-0.2, -0.15) is 13.2 Å². The Morgan fingerprint density at radius 1 is 1.17 bits per heavy atom. The first-order chi connectivity index (χ1) is 15.0. The molecular weight excluding hydrogens is 381 g/mol. The fourth-order valence-electron chi connectivity index (χ4n) is 5.19. The number of hydrogen-bond acceptors (Lipinski definition) is 5. The maximum absolute atomic E-state index is 14.2. The molecule has 1 aromatic carbocycles. The molecule has 3 aliphatic rings. The van der Waals surface area contributed by atoms with Crippen molar-refractivity contribution in [3.8, 4) is 0 Å². The Balaban J connectivity index is 1.34. The molecule has 2 aliphatic heterocycles. The predicted molar refractivity (Wildman–Crippen MR) is 100 cm³/mol. The third kappa shape index (κ3) is 2.99. The molecule has 0 spiro atoms. The molecule has 0 amide bonds. The van der Waals surface area contributed by atoms with Gasteiger partial charge in [0.1, 0.15) is 0 Å². The quantitative estimate of drug-likeness (QED) is 0.772. The number of nitrogens with zero attached hydrogens (tertiary/aromatic N) is 4. The molecular formula is C21H25F3N4O. The van der Waals surface area contributed by atoms with Gasteiger partial charge >= 0.3 is 6.18 Å². The van der Waals surface area contributed by atoms with Crippen LogP contribution in [0.2, 0.25) is 0 Å². The number of likely N-dealkylation sites (tertiary alicyclic amines) is 2. The Morgan fingerprint density at radius 2 is 1.93 bits per heavy atom. The van der Waals surface area contributed by atoms with Crippen LogP contribution in [0.25, 0.3) is 0 Å². The van der Waals surface area contributed by atoms with E-state index < -0.39 is 24.0 Å². The Morgan fingerprint density at radius 3 is 2.62 bits per heavy atom. The highest BCUT2D eigenvalue weighted by molar-refractivity contribution is 5.36. The number of aromatic nitrogens is 2. The zero-order valence-corrected chi connectivity index (χ0v) is 16.0. The highest BCUT2D eigenvalue weighted by Crippen LogP contribution is 2.74. The Hall–Kier alpha value is -1.93. The molecule has 0 radical (unpaired) electrons. The fraction of sp³-hybridized carbons (Fsp3) is 0.619. The lowest BCUT2D eigenvalue weighted by molar-refractivity contribution is -0.190. The standard InChI is InChI=1S/C21H25F3N4O/c1-27-9-7-16(8-10-27)17-25-26-18(29-17)19-12-20(19,21(22,23)24)14-28(13-19)11-15-5-3-2-4-6-15/h2-6,16H,7-14H2,1H3/t19-,20-/m0/s1/i1D3. The first-order valence-electron chi connectivity index (χ1n) is 11.5. The highest BCUT2D eigenvalue weighted by Gasteiger charge is 2.85. The summed E-state index contributed by atoms with van der Waals surface area (Å²) in [5.74, 6) is 0.259. The van der Waals surface area contributed by atoms with Crippen LogP contribution in [-0.4, -0.2) is 59.3 Å². The first-order valence-corrected chi connectivity index (χ1v) is 9.96. The van der Waals surface area contributed by atoms with Gasteiger partial charge in [-0.1, -0.05) is 30.3 Å². The number of fused-ring (bicyclic) bond motifs is 1. The van der Waals surface area contributed by atoms with Crippen molar-refractivity contribution >= 4 is 0 Å². The molecule has 3 fully saturated rings. The van der Waals surface area contributed by atoms with E-state index in [2.05, 4.69) is 10.2 Å². The molecule has 156 valence electrons. The van der Waals surface area contributed by atoms with Crippen LogP contribution < -0.4 is 0 Å². The van der Waals surface area contributed by atoms with Crippen molar-refractivity contribution in [2.45, 2.75) is 43.3 Å². The summed E-state index contributed by atoms with van der Waals surface area (Å²) in [6, 6.07) is 9.46. The van der Waals surface area contributed by atoms with Gasteiger partial charge in [0, 0.05) is 29.7 Å².